The summed E-state index contributed by atoms with van der Waals surface area (Å²) in [4.78, 5) is 2.14. The highest BCUT2D eigenvalue weighted by Gasteiger charge is 2.38. The molecule has 31 heavy (non-hydrogen) atoms. The minimum absolute atomic E-state index is 0.0748. The summed E-state index contributed by atoms with van der Waals surface area (Å²) in [7, 11) is 1.69. The number of ether oxygens (including phenoxy) is 2. The number of methoxy groups -OCH3 is 1. The first-order valence-electron chi connectivity index (χ1n) is 10.4. The number of sulfonamides is 1. The summed E-state index contributed by atoms with van der Waals surface area (Å²) in [6.45, 7) is 4.36. The number of rotatable bonds is 6. The molecule has 7 nitrogen and oxygen atoms in total. The van der Waals surface area contributed by atoms with Crippen LogP contribution in [-0.4, -0.2) is 75.8 Å². The predicted octanol–water partition coefficient (Wildman–Crippen LogP) is 2.69. The lowest BCUT2D eigenvalue weighted by atomic mass is 10.0. The molecule has 0 radical (unpaired) electrons. The fraction of sp³-hybridized carbons (Fsp3) is 0.478. The van der Waals surface area contributed by atoms with Gasteiger partial charge in [-0.1, -0.05) is 31.2 Å². The van der Waals surface area contributed by atoms with Gasteiger partial charge < -0.3 is 19.5 Å². The number of benzene rings is 2. The molecule has 170 valence electrons. The van der Waals surface area contributed by atoms with Gasteiger partial charge in [-0.15, -0.1) is 0 Å². The predicted molar refractivity (Wildman–Crippen MR) is 121 cm³/mol. The van der Waals surface area contributed by atoms with Gasteiger partial charge in [0.1, 0.15) is 22.5 Å². The van der Waals surface area contributed by atoms with Crippen LogP contribution < -0.4 is 9.47 Å². The van der Waals surface area contributed by atoms with E-state index < -0.39 is 16.1 Å². The number of likely N-dealkylation sites (N-methyl/N-ethyl adjacent to an activating group) is 1. The van der Waals surface area contributed by atoms with Crippen LogP contribution in [0.15, 0.2) is 47.4 Å². The molecule has 0 saturated carbocycles. The third-order valence-corrected chi connectivity index (χ3v) is 7.65. The molecule has 2 aromatic rings. The fourth-order valence-corrected chi connectivity index (χ4v) is 5.68. The molecule has 0 fully saturated rings. The van der Waals surface area contributed by atoms with Crippen molar-refractivity contribution in [1.82, 2.24) is 9.21 Å². The average molecular weight is 449 g/mol. The summed E-state index contributed by atoms with van der Waals surface area (Å²) in [6.07, 6.45) is -0.217. The van der Waals surface area contributed by atoms with E-state index >= 15 is 0 Å². The van der Waals surface area contributed by atoms with Gasteiger partial charge in [-0.05, 0) is 44.8 Å². The smallest absolute Gasteiger partial charge is 0.247 e. The minimum Gasteiger partial charge on any atom is -0.496 e. The van der Waals surface area contributed by atoms with E-state index in [0.29, 0.717) is 18.0 Å². The molecule has 1 aliphatic heterocycles. The lowest BCUT2D eigenvalue weighted by Gasteiger charge is -2.37. The highest BCUT2D eigenvalue weighted by atomic mass is 32.2. The van der Waals surface area contributed by atoms with Gasteiger partial charge in [0.25, 0.3) is 0 Å². The zero-order valence-electron chi connectivity index (χ0n) is 18.8. The first-order valence-corrected chi connectivity index (χ1v) is 11.8. The van der Waals surface area contributed by atoms with Crippen molar-refractivity contribution in [3.8, 4) is 22.6 Å². The zero-order chi connectivity index (χ0) is 22.8. The monoisotopic (exact) mass is 448 g/mol. The summed E-state index contributed by atoms with van der Waals surface area (Å²) >= 11 is 0. The van der Waals surface area contributed by atoms with Crippen molar-refractivity contribution in [2.75, 3.05) is 40.9 Å². The van der Waals surface area contributed by atoms with Crippen LogP contribution in [0.1, 0.15) is 13.8 Å². The highest BCUT2D eigenvalue weighted by Crippen LogP contribution is 2.38. The van der Waals surface area contributed by atoms with Crippen molar-refractivity contribution >= 4 is 10.0 Å². The Balaban J connectivity index is 2.18. The topological polar surface area (TPSA) is 79.3 Å². The Morgan fingerprint density at radius 2 is 1.97 bits per heavy atom. The standard InChI is InChI=1S/C23H32N2O5S/c1-16-13-25(17(2)15-26)31(27,28)23-11-10-18(19-8-6-7-9-20(19)29-5)12-21(23)30-22(16)14-24(3)4/h6-12,16-17,22,26H,13-15H2,1-5H3/t16-,17+,22-/m1/s1. The van der Waals surface area contributed by atoms with Gasteiger partial charge in [-0.3, -0.25) is 0 Å². The second-order valence-corrected chi connectivity index (χ2v) is 10.2. The number of hydrogen-bond acceptors (Lipinski definition) is 6. The molecule has 0 bridgehead atoms. The van der Waals surface area contributed by atoms with Crippen LogP contribution in [-0.2, 0) is 10.0 Å². The van der Waals surface area contributed by atoms with Crippen molar-refractivity contribution in [1.29, 1.82) is 0 Å². The number of fused-ring (bicyclic) bond motifs is 1. The molecule has 0 unspecified atom stereocenters. The molecule has 1 heterocycles. The van der Waals surface area contributed by atoms with E-state index in [1.54, 1.807) is 32.2 Å². The summed E-state index contributed by atoms with van der Waals surface area (Å²) in [6, 6.07) is 12.2. The maximum absolute atomic E-state index is 13.5. The molecule has 1 N–H and O–H groups in total. The Kier molecular flexibility index (Phi) is 7.26. The summed E-state index contributed by atoms with van der Waals surface area (Å²) < 4.78 is 40.3. The van der Waals surface area contributed by atoms with E-state index in [2.05, 4.69) is 0 Å². The molecule has 8 heteroatoms. The van der Waals surface area contributed by atoms with Crippen molar-refractivity contribution in [2.45, 2.75) is 30.9 Å². The molecule has 2 aromatic carbocycles. The maximum Gasteiger partial charge on any atom is 0.247 e. The third-order valence-electron chi connectivity index (χ3n) is 5.63. The van der Waals surface area contributed by atoms with Gasteiger partial charge in [0.05, 0.1) is 13.7 Å². The summed E-state index contributed by atoms with van der Waals surface area (Å²) in [5, 5.41) is 9.72. The van der Waals surface area contributed by atoms with Crippen LogP contribution in [0.2, 0.25) is 0 Å². The molecule has 1 aliphatic rings. The average Bonchev–Trinajstić information content (AvgIpc) is 2.75. The Bertz CT molecular complexity index is 1010. The van der Waals surface area contributed by atoms with Gasteiger partial charge in [-0.2, -0.15) is 4.31 Å². The number of nitrogens with zero attached hydrogens (tertiary/aromatic N) is 2. The van der Waals surface area contributed by atoms with Crippen molar-refractivity contribution in [3.63, 3.8) is 0 Å². The van der Waals surface area contributed by atoms with E-state index in [9.17, 15) is 13.5 Å². The van der Waals surface area contributed by atoms with Crippen LogP contribution in [0, 0.1) is 5.92 Å². The second-order valence-electron chi connectivity index (χ2n) is 8.36. The van der Waals surface area contributed by atoms with Crippen molar-refractivity contribution in [2.24, 2.45) is 5.92 Å². The second kappa shape index (κ2) is 9.56. The summed E-state index contributed by atoms with van der Waals surface area (Å²) in [5.74, 6) is 0.941. The minimum atomic E-state index is -3.85. The molecule has 0 amide bonds. The van der Waals surface area contributed by atoms with Crippen LogP contribution in [0.25, 0.3) is 11.1 Å². The van der Waals surface area contributed by atoms with Gasteiger partial charge in [0, 0.05) is 30.6 Å². The van der Waals surface area contributed by atoms with E-state index in [4.69, 9.17) is 9.47 Å². The van der Waals surface area contributed by atoms with Crippen LogP contribution in [0.3, 0.4) is 0 Å². The first kappa shape index (κ1) is 23.5. The van der Waals surface area contributed by atoms with Gasteiger partial charge in [-0.25, -0.2) is 8.42 Å². The Labute approximate surface area is 185 Å². The first-order chi connectivity index (χ1) is 14.7. The number of para-hydroxylation sites is 1. The normalized spacial score (nSPS) is 22.2. The largest absolute Gasteiger partial charge is 0.496 e. The van der Waals surface area contributed by atoms with Crippen LogP contribution in [0.4, 0.5) is 0 Å². The highest BCUT2D eigenvalue weighted by molar-refractivity contribution is 7.89. The van der Waals surface area contributed by atoms with Gasteiger partial charge >= 0.3 is 0 Å². The van der Waals surface area contributed by atoms with Gasteiger partial charge in [0.15, 0.2) is 0 Å². The third kappa shape index (κ3) is 4.87. The van der Waals surface area contributed by atoms with E-state index in [-0.39, 0.29) is 30.1 Å². The molecule has 0 spiro atoms. The van der Waals surface area contributed by atoms with Crippen molar-refractivity contribution < 1.29 is 23.0 Å². The lowest BCUT2D eigenvalue weighted by Crippen LogP contribution is -2.49. The maximum atomic E-state index is 13.5. The molecular formula is C23H32N2O5S. The quantitative estimate of drug-likeness (QED) is 0.732. The molecular weight excluding hydrogens is 416 g/mol. The summed E-state index contributed by atoms with van der Waals surface area (Å²) in [5.41, 5.74) is 1.67. The van der Waals surface area contributed by atoms with Crippen molar-refractivity contribution in [3.05, 3.63) is 42.5 Å². The SMILES string of the molecule is COc1ccccc1-c1ccc2c(c1)O[C@H](CN(C)C)[C@H](C)CN([C@@H](C)CO)S2(=O)=O. The van der Waals surface area contributed by atoms with Crippen LogP contribution in [0.5, 0.6) is 11.5 Å². The molecule has 0 aromatic heterocycles. The van der Waals surface area contributed by atoms with E-state index in [1.807, 2.05) is 50.2 Å². The molecule has 0 aliphatic carbocycles. The number of aliphatic hydroxyl groups is 1. The van der Waals surface area contributed by atoms with Crippen LogP contribution >= 0.6 is 0 Å². The van der Waals surface area contributed by atoms with E-state index in [1.165, 1.54) is 4.31 Å². The number of aliphatic hydroxyl groups excluding tert-OH is 1. The zero-order valence-corrected chi connectivity index (χ0v) is 19.6. The molecule has 0 saturated heterocycles. The fourth-order valence-electron chi connectivity index (χ4n) is 3.85. The Hall–Kier alpha value is -2.13. The Morgan fingerprint density at radius 1 is 1.26 bits per heavy atom. The van der Waals surface area contributed by atoms with Gasteiger partial charge in [0.2, 0.25) is 10.0 Å². The lowest BCUT2D eigenvalue weighted by molar-refractivity contribution is 0.0813. The Morgan fingerprint density at radius 3 is 2.61 bits per heavy atom. The van der Waals surface area contributed by atoms with E-state index in [0.717, 1.165) is 11.1 Å². The molecule has 3 atom stereocenters. The number of hydrogen-bond donors (Lipinski definition) is 1. The molecule has 3 rings (SSSR count).